The van der Waals surface area contributed by atoms with E-state index in [4.69, 9.17) is 28.6 Å². The third-order valence-electron chi connectivity index (χ3n) is 4.60. The van der Waals surface area contributed by atoms with Crippen LogP contribution < -0.4 is 20.3 Å². The first-order valence-corrected chi connectivity index (χ1v) is 10.3. The maximum absolute atomic E-state index is 12.4. The summed E-state index contributed by atoms with van der Waals surface area (Å²) in [6.07, 6.45) is 2.30. The minimum atomic E-state index is -0.595. The summed E-state index contributed by atoms with van der Waals surface area (Å²) in [4.78, 5) is 25.3. The van der Waals surface area contributed by atoms with Crippen LogP contribution >= 0.6 is 23.8 Å². The van der Waals surface area contributed by atoms with E-state index < -0.39 is 10.8 Å². The molecule has 2 N–H and O–H groups in total. The molecule has 158 valence electrons. The van der Waals surface area contributed by atoms with Crippen molar-refractivity contribution in [3.8, 4) is 5.75 Å². The van der Waals surface area contributed by atoms with Crippen molar-refractivity contribution >= 4 is 51.9 Å². The number of rotatable bonds is 6. The van der Waals surface area contributed by atoms with Crippen LogP contribution in [0.5, 0.6) is 5.75 Å². The molecule has 1 aliphatic rings. The Morgan fingerprint density at radius 1 is 1.27 bits per heavy atom. The number of carbonyl (C=O) groups excluding carboxylic acids is 1. The molecule has 1 fully saturated rings. The second-order valence-corrected chi connectivity index (χ2v) is 7.46. The van der Waals surface area contributed by atoms with Crippen LogP contribution in [-0.4, -0.2) is 35.6 Å². The molecule has 1 saturated heterocycles. The summed E-state index contributed by atoms with van der Waals surface area (Å²) in [5.41, 5.74) is 1.41. The molecular weight excluding hydrogens is 428 g/mol. The third-order valence-corrected chi connectivity index (χ3v) is 5.10. The number of ether oxygens (including phenoxy) is 1. The molecule has 1 aliphatic heterocycles. The highest BCUT2D eigenvalue weighted by molar-refractivity contribution is 7.80. The van der Waals surface area contributed by atoms with Gasteiger partial charge in [0.15, 0.2) is 10.9 Å². The number of hydrogen-bond acceptors (Lipinski definition) is 6. The summed E-state index contributed by atoms with van der Waals surface area (Å²) in [6.45, 7) is 3.96. The first-order chi connectivity index (χ1) is 14.4. The molecule has 10 heteroatoms. The van der Waals surface area contributed by atoms with E-state index in [1.807, 2.05) is 12.1 Å². The van der Waals surface area contributed by atoms with Crippen molar-refractivity contribution in [1.82, 2.24) is 5.32 Å². The minimum Gasteiger partial charge on any atom is -0.487 e. The normalized spacial score (nSPS) is 13.1. The quantitative estimate of drug-likeness (QED) is 0.384. The van der Waals surface area contributed by atoms with E-state index in [-0.39, 0.29) is 28.7 Å². The van der Waals surface area contributed by atoms with Crippen molar-refractivity contribution in [1.29, 1.82) is 0 Å². The molecule has 0 atom stereocenters. The van der Waals surface area contributed by atoms with Gasteiger partial charge in [-0.2, -0.15) is 0 Å². The lowest BCUT2D eigenvalue weighted by atomic mass is 10.1. The van der Waals surface area contributed by atoms with Crippen molar-refractivity contribution in [2.45, 2.75) is 19.8 Å². The average molecular weight is 449 g/mol. The Morgan fingerprint density at radius 3 is 2.63 bits per heavy atom. The second-order valence-electron chi connectivity index (χ2n) is 6.64. The summed E-state index contributed by atoms with van der Waals surface area (Å²) >= 11 is 11.6. The fourth-order valence-electron chi connectivity index (χ4n) is 3.22. The zero-order valence-electron chi connectivity index (χ0n) is 16.3. The van der Waals surface area contributed by atoms with Gasteiger partial charge in [-0.05, 0) is 62.3 Å². The number of halogens is 1. The molecule has 0 radical (unpaired) electrons. The average Bonchev–Trinajstić information content (AvgIpc) is 3.22. The minimum absolute atomic E-state index is 0.0570. The number of nitro benzene ring substituents is 1. The predicted octanol–water partition coefficient (Wildman–Crippen LogP) is 4.37. The molecule has 1 heterocycles. The van der Waals surface area contributed by atoms with Crippen LogP contribution in [0.2, 0.25) is 5.02 Å². The van der Waals surface area contributed by atoms with E-state index in [1.165, 1.54) is 12.1 Å². The molecule has 0 aliphatic carbocycles. The number of nitrogens with one attached hydrogen (secondary N) is 2. The van der Waals surface area contributed by atoms with Crippen LogP contribution in [0.1, 0.15) is 30.1 Å². The molecule has 8 nitrogen and oxygen atoms in total. The summed E-state index contributed by atoms with van der Waals surface area (Å²) in [5, 5.41) is 17.3. The fourth-order valence-corrected chi connectivity index (χ4v) is 3.73. The summed E-state index contributed by atoms with van der Waals surface area (Å²) in [7, 11) is 0. The number of amides is 1. The summed E-state index contributed by atoms with van der Waals surface area (Å²) in [5.74, 6) is -0.467. The number of thiocarbonyl (C=S) groups is 1. The maximum atomic E-state index is 12.4. The van der Waals surface area contributed by atoms with Crippen molar-refractivity contribution in [3.63, 3.8) is 0 Å². The molecule has 0 unspecified atom stereocenters. The lowest BCUT2D eigenvalue weighted by Crippen LogP contribution is -2.34. The van der Waals surface area contributed by atoms with E-state index in [2.05, 4.69) is 15.5 Å². The molecular formula is C20H21ClN4O4S. The van der Waals surface area contributed by atoms with E-state index in [9.17, 15) is 14.9 Å². The Morgan fingerprint density at radius 2 is 2.00 bits per heavy atom. The molecule has 0 aromatic heterocycles. The van der Waals surface area contributed by atoms with E-state index in [1.54, 1.807) is 13.0 Å². The van der Waals surface area contributed by atoms with Crippen LogP contribution in [0, 0.1) is 10.1 Å². The van der Waals surface area contributed by atoms with Crippen LogP contribution in [0.4, 0.5) is 17.1 Å². The second kappa shape index (κ2) is 9.73. The molecule has 30 heavy (non-hydrogen) atoms. The molecule has 1 amide bonds. The molecule has 3 rings (SSSR count). The van der Waals surface area contributed by atoms with E-state index in [0.29, 0.717) is 10.7 Å². The van der Waals surface area contributed by atoms with Gasteiger partial charge in [-0.3, -0.25) is 20.2 Å². The smallest absolute Gasteiger partial charge is 0.311 e. The van der Waals surface area contributed by atoms with Gasteiger partial charge in [-0.1, -0.05) is 11.6 Å². The monoisotopic (exact) mass is 448 g/mol. The van der Waals surface area contributed by atoms with Gasteiger partial charge in [0.2, 0.25) is 0 Å². The molecule has 0 bridgehead atoms. The Balaban J connectivity index is 1.66. The van der Waals surface area contributed by atoms with E-state index in [0.717, 1.165) is 37.7 Å². The number of benzene rings is 2. The standard InChI is InChI=1S/C20H21ClN4O4S/c1-2-29-18-8-5-13(11-17(18)25(27)28)19(26)23-20(30)22-14-6-7-16(15(21)12-14)24-9-3-4-10-24/h5-8,11-12H,2-4,9-10H2,1H3,(H2,22,23,26,30). The third kappa shape index (κ3) is 5.17. The first kappa shape index (κ1) is 21.8. The fraction of sp³-hybridized carbons (Fsp3) is 0.300. The van der Waals surface area contributed by atoms with Gasteiger partial charge < -0.3 is 15.0 Å². The SMILES string of the molecule is CCOc1ccc(C(=O)NC(=S)Nc2ccc(N3CCCC3)c(Cl)c2)cc1[N+](=O)[O-]. The van der Waals surface area contributed by atoms with Gasteiger partial charge in [0.25, 0.3) is 5.91 Å². The van der Waals surface area contributed by atoms with Gasteiger partial charge in [0, 0.05) is 30.4 Å². The number of carbonyl (C=O) groups is 1. The van der Waals surface area contributed by atoms with E-state index >= 15 is 0 Å². The highest BCUT2D eigenvalue weighted by Gasteiger charge is 2.19. The number of nitrogens with zero attached hydrogens (tertiary/aromatic N) is 2. The maximum Gasteiger partial charge on any atom is 0.311 e. The number of hydrogen-bond donors (Lipinski definition) is 2. The lowest BCUT2D eigenvalue weighted by molar-refractivity contribution is -0.385. The van der Waals surface area contributed by atoms with Crippen LogP contribution in [-0.2, 0) is 0 Å². The van der Waals surface area contributed by atoms with Gasteiger partial charge >= 0.3 is 5.69 Å². The predicted molar refractivity (Wildman–Crippen MR) is 121 cm³/mol. The Bertz CT molecular complexity index is 979. The number of anilines is 2. The largest absolute Gasteiger partial charge is 0.487 e. The number of nitro groups is 1. The van der Waals surface area contributed by atoms with Crippen LogP contribution in [0.3, 0.4) is 0 Å². The topological polar surface area (TPSA) is 96.7 Å². The van der Waals surface area contributed by atoms with Crippen LogP contribution in [0.15, 0.2) is 36.4 Å². The van der Waals surface area contributed by atoms with Gasteiger partial charge in [-0.25, -0.2) is 0 Å². The van der Waals surface area contributed by atoms with Gasteiger partial charge in [0.1, 0.15) is 0 Å². The van der Waals surface area contributed by atoms with Crippen molar-refractivity contribution in [3.05, 3.63) is 57.1 Å². The van der Waals surface area contributed by atoms with Gasteiger partial charge in [-0.15, -0.1) is 0 Å². The Labute approximate surface area is 184 Å². The lowest BCUT2D eigenvalue weighted by Gasteiger charge is -2.20. The molecule has 0 spiro atoms. The molecule has 2 aromatic carbocycles. The highest BCUT2D eigenvalue weighted by Crippen LogP contribution is 2.31. The Kier molecular flexibility index (Phi) is 7.07. The van der Waals surface area contributed by atoms with Crippen molar-refractivity contribution < 1.29 is 14.5 Å². The van der Waals surface area contributed by atoms with Crippen molar-refractivity contribution in [2.24, 2.45) is 0 Å². The summed E-state index contributed by atoms with van der Waals surface area (Å²) < 4.78 is 5.22. The van der Waals surface area contributed by atoms with Crippen molar-refractivity contribution in [2.75, 3.05) is 29.9 Å². The van der Waals surface area contributed by atoms with Crippen LogP contribution in [0.25, 0.3) is 0 Å². The molecule has 0 saturated carbocycles. The van der Waals surface area contributed by atoms with Gasteiger partial charge in [0.05, 0.1) is 22.2 Å². The highest BCUT2D eigenvalue weighted by atomic mass is 35.5. The first-order valence-electron chi connectivity index (χ1n) is 9.47. The zero-order valence-corrected chi connectivity index (χ0v) is 17.9. The Hall–Kier alpha value is -2.91. The summed E-state index contributed by atoms with van der Waals surface area (Å²) in [6, 6.07) is 9.48. The molecule has 2 aromatic rings. The zero-order chi connectivity index (χ0) is 21.7.